The first-order chi connectivity index (χ1) is 12.1. The van der Waals surface area contributed by atoms with Crippen molar-refractivity contribution in [1.29, 1.82) is 0 Å². The van der Waals surface area contributed by atoms with E-state index >= 15 is 0 Å². The number of carbonyl (C=O) groups is 2. The molecular formula is C19H20ClN3O2. The standard InChI is InChI=1S/C19H20ClN3O2/c1-2-6-17(14-7-4-3-5-8-14)22-23-18(24)13-21-19(25)15-9-11-16(20)12-10-15/h3-12,22H,2,13H2,1H3,(H,21,25)(H,23,24). The molecule has 2 amide bonds. The van der Waals surface area contributed by atoms with E-state index in [2.05, 4.69) is 16.2 Å². The van der Waals surface area contributed by atoms with Crippen molar-refractivity contribution >= 4 is 29.1 Å². The third-order valence-corrected chi connectivity index (χ3v) is 3.60. The average molecular weight is 358 g/mol. The molecule has 0 aliphatic carbocycles. The van der Waals surface area contributed by atoms with Crippen molar-refractivity contribution < 1.29 is 9.59 Å². The van der Waals surface area contributed by atoms with Gasteiger partial charge in [-0.1, -0.05) is 54.9 Å². The van der Waals surface area contributed by atoms with Crippen molar-refractivity contribution in [3.8, 4) is 0 Å². The van der Waals surface area contributed by atoms with Gasteiger partial charge in [0.25, 0.3) is 11.8 Å². The van der Waals surface area contributed by atoms with E-state index in [1.54, 1.807) is 24.3 Å². The highest BCUT2D eigenvalue weighted by Gasteiger charge is 2.08. The van der Waals surface area contributed by atoms with Crippen molar-refractivity contribution in [2.75, 3.05) is 6.54 Å². The Morgan fingerprint density at radius 1 is 0.960 bits per heavy atom. The molecule has 130 valence electrons. The van der Waals surface area contributed by atoms with Crippen LogP contribution in [0.5, 0.6) is 0 Å². The van der Waals surface area contributed by atoms with Gasteiger partial charge in [0.15, 0.2) is 0 Å². The van der Waals surface area contributed by atoms with Crippen LogP contribution in [-0.4, -0.2) is 18.4 Å². The fourth-order valence-electron chi connectivity index (χ4n) is 2.11. The minimum atomic E-state index is -0.347. The number of allylic oxidation sites excluding steroid dienone is 1. The summed E-state index contributed by atoms with van der Waals surface area (Å²) in [4.78, 5) is 23.9. The topological polar surface area (TPSA) is 70.2 Å². The monoisotopic (exact) mass is 357 g/mol. The quantitative estimate of drug-likeness (QED) is 0.667. The van der Waals surface area contributed by atoms with Crippen molar-refractivity contribution in [1.82, 2.24) is 16.2 Å². The Kier molecular flexibility index (Phi) is 7.04. The van der Waals surface area contributed by atoms with Crippen molar-refractivity contribution in [2.45, 2.75) is 13.3 Å². The molecule has 0 saturated carbocycles. The number of rotatable bonds is 7. The van der Waals surface area contributed by atoms with Crippen LogP contribution < -0.4 is 16.2 Å². The van der Waals surface area contributed by atoms with Gasteiger partial charge in [-0.2, -0.15) is 0 Å². The fraction of sp³-hybridized carbons (Fsp3) is 0.158. The summed E-state index contributed by atoms with van der Waals surface area (Å²) in [6, 6.07) is 16.1. The highest BCUT2D eigenvalue weighted by atomic mass is 35.5. The Hall–Kier alpha value is -2.79. The van der Waals surface area contributed by atoms with E-state index in [0.717, 1.165) is 17.7 Å². The summed E-state index contributed by atoms with van der Waals surface area (Å²) in [6.07, 6.45) is 2.79. The van der Waals surface area contributed by atoms with Crippen LogP contribution in [0.2, 0.25) is 5.02 Å². The second-order valence-corrected chi connectivity index (χ2v) is 5.69. The molecule has 0 fully saturated rings. The first-order valence-corrected chi connectivity index (χ1v) is 8.32. The smallest absolute Gasteiger partial charge is 0.257 e. The summed E-state index contributed by atoms with van der Waals surface area (Å²) in [6.45, 7) is 1.88. The Morgan fingerprint density at radius 3 is 2.28 bits per heavy atom. The number of nitrogens with one attached hydrogen (secondary N) is 3. The lowest BCUT2D eigenvalue weighted by molar-refractivity contribution is -0.120. The van der Waals surface area contributed by atoms with Crippen molar-refractivity contribution in [2.24, 2.45) is 0 Å². The molecule has 0 bridgehead atoms. The number of halogens is 1. The fourth-order valence-corrected chi connectivity index (χ4v) is 2.23. The van der Waals surface area contributed by atoms with Crippen LogP contribution >= 0.6 is 11.6 Å². The first-order valence-electron chi connectivity index (χ1n) is 7.94. The zero-order valence-electron chi connectivity index (χ0n) is 13.9. The summed E-state index contributed by atoms with van der Waals surface area (Å²) in [7, 11) is 0. The normalized spacial score (nSPS) is 10.9. The number of carbonyl (C=O) groups excluding carboxylic acids is 2. The summed E-state index contributed by atoms with van der Waals surface area (Å²) < 4.78 is 0. The predicted molar refractivity (Wildman–Crippen MR) is 99.8 cm³/mol. The molecule has 2 rings (SSSR count). The maximum atomic E-state index is 12.0. The molecule has 0 heterocycles. The molecule has 0 saturated heterocycles. The molecule has 0 aliphatic rings. The van der Waals surface area contributed by atoms with Gasteiger partial charge in [0.05, 0.1) is 12.2 Å². The SMILES string of the molecule is CCC=C(NNC(=O)CNC(=O)c1ccc(Cl)cc1)c1ccccc1. The number of benzene rings is 2. The van der Waals surface area contributed by atoms with Gasteiger partial charge in [-0.05, 0) is 36.2 Å². The molecule has 2 aromatic rings. The zero-order chi connectivity index (χ0) is 18.1. The first kappa shape index (κ1) is 18.5. The van der Waals surface area contributed by atoms with E-state index in [4.69, 9.17) is 11.6 Å². The van der Waals surface area contributed by atoms with Gasteiger partial charge in [-0.15, -0.1) is 0 Å². The van der Waals surface area contributed by atoms with Crippen LogP contribution in [-0.2, 0) is 4.79 Å². The molecule has 0 unspecified atom stereocenters. The molecule has 2 aromatic carbocycles. The highest BCUT2D eigenvalue weighted by Crippen LogP contribution is 2.11. The van der Waals surface area contributed by atoms with E-state index in [1.807, 2.05) is 43.3 Å². The maximum absolute atomic E-state index is 12.0. The third kappa shape index (κ3) is 5.97. The minimum Gasteiger partial charge on any atom is -0.343 e. The molecular weight excluding hydrogens is 338 g/mol. The Labute approximate surface area is 152 Å². The Morgan fingerprint density at radius 2 is 1.64 bits per heavy atom. The average Bonchev–Trinajstić information content (AvgIpc) is 2.64. The Bertz CT molecular complexity index is 743. The molecule has 3 N–H and O–H groups in total. The predicted octanol–water partition coefficient (Wildman–Crippen LogP) is 3.14. The van der Waals surface area contributed by atoms with Crippen LogP contribution in [0.25, 0.3) is 5.70 Å². The van der Waals surface area contributed by atoms with Crippen LogP contribution in [0.15, 0.2) is 60.7 Å². The van der Waals surface area contributed by atoms with Crippen LogP contribution in [0, 0.1) is 0 Å². The number of hydrogen-bond donors (Lipinski definition) is 3. The van der Waals surface area contributed by atoms with Gasteiger partial charge >= 0.3 is 0 Å². The maximum Gasteiger partial charge on any atom is 0.257 e. The number of amides is 2. The van der Waals surface area contributed by atoms with Crippen LogP contribution in [0.3, 0.4) is 0 Å². The molecule has 6 heteroatoms. The molecule has 5 nitrogen and oxygen atoms in total. The molecule has 0 aromatic heterocycles. The summed E-state index contributed by atoms with van der Waals surface area (Å²) >= 11 is 5.78. The third-order valence-electron chi connectivity index (χ3n) is 3.35. The summed E-state index contributed by atoms with van der Waals surface area (Å²) in [5.41, 5.74) is 7.71. The van der Waals surface area contributed by atoms with Gasteiger partial charge < -0.3 is 5.32 Å². The molecule has 0 atom stereocenters. The summed E-state index contributed by atoms with van der Waals surface area (Å²) in [5, 5.41) is 3.11. The van der Waals surface area contributed by atoms with Crippen LogP contribution in [0.1, 0.15) is 29.3 Å². The van der Waals surface area contributed by atoms with Crippen molar-refractivity contribution in [3.05, 3.63) is 76.8 Å². The lowest BCUT2D eigenvalue weighted by Crippen LogP contribution is -2.43. The van der Waals surface area contributed by atoms with E-state index in [-0.39, 0.29) is 18.4 Å². The lowest BCUT2D eigenvalue weighted by Gasteiger charge is -2.13. The molecule has 0 aliphatic heterocycles. The van der Waals surface area contributed by atoms with E-state index in [9.17, 15) is 9.59 Å². The number of hydrazine groups is 1. The van der Waals surface area contributed by atoms with E-state index in [0.29, 0.717) is 10.6 Å². The minimum absolute atomic E-state index is 0.136. The second-order valence-electron chi connectivity index (χ2n) is 5.25. The van der Waals surface area contributed by atoms with E-state index in [1.165, 1.54) is 0 Å². The van der Waals surface area contributed by atoms with Gasteiger partial charge in [0.2, 0.25) is 0 Å². The van der Waals surface area contributed by atoms with E-state index < -0.39 is 0 Å². The van der Waals surface area contributed by atoms with Gasteiger partial charge in [0, 0.05) is 10.6 Å². The molecule has 25 heavy (non-hydrogen) atoms. The summed E-state index contributed by atoms with van der Waals surface area (Å²) in [5.74, 6) is -0.681. The molecule has 0 spiro atoms. The van der Waals surface area contributed by atoms with Gasteiger partial charge in [-0.3, -0.25) is 20.4 Å². The second kappa shape index (κ2) is 9.49. The van der Waals surface area contributed by atoms with Crippen molar-refractivity contribution in [3.63, 3.8) is 0 Å². The Balaban J connectivity index is 1.84. The molecule has 0 radical (unpaired) electrons. The number of hydrogen-bond acceptors (Lipinski definition) is 3. The largest absolute Gasteiger partial charge is 0.343 e. The van der Waals surface area contributed by atoms with Gasteiger partial charge in [0.1, 0.15) is 0 Å². The zero-order valence-corrected chi connectivity index (χ0v) is 14.6. The lowest BCUT2D eigenvalue weighted by atomic mass is 10.1. The van der Waals surface area contributed by atoms with Crippen LogP contribution in [0.4, 0.5) is 0 Å². The van der Waals surface area contributed by atoms with Gasteiger partial charge in [-0.25, -0.2) is 0 Å². The highest BCUT2D eigenvalue weighted by molar-refractivity contribution is 6.30.